The van der Waals surface area contributed by atoms with Crippen LogP contribution in [-0.4, -0.2) is 23.0 Å². The van der Waals surface area contributed by atoms with E-state index in [-0.39, 0.29) is 5.12 Å². The molecular weight excluding hydrogens is 210 g/mol. The Morgan fingerprint density at radius 2 is 2.47 bits per heavy atom. The molecule has 1 aromatic heterocycles. The van der Waals surface area contributed by atoms with Crippen LogP contribution in [0.3, 0.4) is 0 Å². The van der Waals surface area contributed by atoms with Gasteiger partial charge < -0.3 is 4.74 Å². The van der Waals surface area contributed by atoms with Crippen molar-refractivity contribution in [3.63, 3.8) is 0 Å². The van der Waals surface area contributed by atoms with E-state index in [9.17, 15) is 4.79 Å². The van der Waals surface area contributed by atoms with Gasteiger partial charge in [-0.05, 0) is 18.1 Å². The summed E-state index contributed by atoms with van der Waals surface area (Å²) in [5, 5.41) is 0.0669. The SMILES string of the molecule is COc1cccnc1C#CCSC(C)=O. The molecule has 0 N–H and O–H groups in total. The summed E-state index contributed by atoms with van der Waals surface area (Å²) in [5.41, 5.74) is 0.601. The Morgan fingerprint density at radius 3 is 3.13 bits per heavy atom. The predicted molar refractivity (Wildman–Crippen MR) is 60.8 cm³/mol. The Bertz CT molecular complexity index is 407. The van der Waals surface area contributed by atoms with Crippen LogP contribution >= 0.6 is 11.8 Å². The van der Waals surface area contributed by atoms with E-state index in [1.54, 1.807) is 25.4 Å². The largest absolute Gasteiger partial charge is 0.494 e. The van der Waals surface area contributed by atoms with Gasteiger partial charge in [-0.1, -0.05) is 17.7 Å². The molecule has 1 rings (SSSR count). The van der Waals surface area contributed by atoms with Crippen molar-refractivity contribution < 1.29 is 9.53 Å². The summed E-state index contributed by atoms with van der Waals surface area (Å²) in [6.45, 7) is 1.52. The second kappa shape index (κ2) is 6.10. The normalized spacial score (nSPS) is 8.93. The third kappa shape index (κ3) is 4.05. The molecule has 15 heavy (non-hydrogen) atoms. The number of hydrogen-bond donors (Lipinski definition) is 0. The van der Waals surface area contributed by atoms with E-state index < -0.39 is 0 Å². The molecule has 0 amide bonds. The number of methoxy groups -OCH3 is 1. The van der Waals surface area contributed by atoms with Gasteiger partial charge in [0.15, 0.2) is 16.6 Å². The fourth-order valence-corrected chi connectivity index (χ4v) is 1.25. The maximum atomic E-state index is 10.6. The minimum Gasteiger partial charge on any atom is -0.494 e. The number of aromatic nitrogens is 1. The number of nitrogens with zero attached hydrogens (tertiary/aromatic N) is 1. The Hall–Kier alpha value is -1.47. The van der Waals surface area contributed by atoms with Crippen LogP contribution in [0.25, 0.3) is 0 Å². The highest BCUT2D eigenvalue weighted by atomic mass is 32.2. The second-order valence-electron chi connectivity index (χ2n) is 2.64. The van der Waals surface area contributed by atoms with Crippen LogP contribution in [-0.2, 0) is 4.79 Å². The van der Waals surface area contributed by atoms with Crippen LogP contribution in [0, 0.1) is 11.8 Å². The van der Waals surface area contributed by atoms with Crippen molar-refractivity contribution in [2.75, 3.05) is 12.9 Å². The Morgan fingerprint density at radius 1 is 1.67 bits per heavy atom. The predicted octanol–water partition coefficient (Wildman–Crippen LogP) is 1.72. The number of carbonyl (C=O) groups is 1. The van der Waals surface area contributed by atoms with Crippen molar-refractivity contribution >= 4 is 16.9 Å². The first-order valence-electron chi connectivity index (χ1n) is 4.35. The first-order valence-corrected chi connectivity index (χ1v) is 5.34. The molecule has 0 atom stereocenters. The number of pyridine rings is 1. The van der Waals surface area contributed by atoms with E-state index in [0.29, 0.717) is 17.2 Å². The Kier molecular flexibility index (Phi) is 4.72. The lowest BCUT2D eigenvalue weighted by Crippen LogP contribution is -1.90. The molecule has 1 heterocycles. The van der Waals surface area contributed by atoms with Gasteiger partial charge in [0.2, 0.25) is 0 Å². The van der Waals surface area contributed by atoms with Gasteiger partial charge in [0.25, 0.3) is 0 Å². The lowest BCUT2D eigenvalue weighted by molar-refractivity contribution is -0.109. The summed E-state index contributed by atoms with van der Waals surface area (Å²) < 4.78 is 5.08. The van der Waals surface area contributed by atoms with E-state index in [0.717, 1.165) is 0 Å². The van der Waals surface area contributed by atoms with E-state index >= 15 is 0 Å². The quantitative estimate of drug-likeness (QED) is 0.713. The molecular formula is C11H11NO2S. The number of ether oxygens (including phenoxy) is 1. The smallest absolute Gasteiger partial charge is 0.186 e. The Balaban J connectivity index is 2.66. The van der Waals surface area contributed by atoms with Gasteiger partial charge in [-0.2, -0.15) is 0 Å². The van der Waals surface area contributed by atoms with Gasteiger partial charge >= 0.3 is 0 Å². The zero-order valence-electron chi connectivity index (χ0n) is 8.61. The van der Waals surface area contributed by atoms with Gasteiger partial charge in [0.05, 0.1) is 12.9 Å². The number of thioether (sulfide) groups is 1. The van der Waals surface area contributed by atoms with Gasteiger partial charge in [-0.25, -0.2) is 4.98 Å². The number of rotatable bonds is 2. The molecule has 0 aliphatic carbocycles. The Labute approximate surface area is 93.2 Å². The minimum atomic E-state index is 0.0669. The van der Waals surface area contributed by atoms with E-state index in [1.807, 2.05) is 0 Å². The molecule has 0 radical (unpaired) electrons. The monoisotopic (exact) mass is 221 g/mol. The highest BCUT2D eigenvalue weighted by Gasteiger charge is 1.97. The molecule has 0 aromatic carbocycles. The molecule has 3 nitrogen and oxygen atoms in total. The minimum absolute atomic E-state index is 0.0669. The van der Waals surface area contributed by atoms with Crippen LogP contribution in [0.5, 0.6) is 5.75 Å². The van der Waals surface area contributed by atoms with Gasteiger partial charge in [-0.15, -0.1) is 0 Å². The number of carbonyl (C=O) groups excluding carboxylic acids is 1. The molecule has 0 aliphatic heterocycles. The first-order chi connectivity index (χ1) is 7.24. The fourth-order valence-electron chi connectivity index (χ4n) is 0.907. The molecule has 0 saturated carbocycles. The third-order valence-electron chi connectivity index (χ3n) is 1.54. The molecule has 78 valence electrons. The summed E-state index contributed by atoms with van der Waals surface area (Å²) >= 11 is 1.18. The summed E-state index contributed by atoms with van der Waals surface area (Å²) in [6, 6.07) is 3.59. The molecule has 1 aromatic rings. The van der Waals surface area contributed by atoms with Crippen LogP contribution in [0.15, 0.2) is 18.3 Å². The van der Waals surface area contributed by atoms with Crippen molar-refractivity contribution in [1.29, 1.82) is 0 Å². The third-order valence-corrected chi connectivity index (χ3v) is 2.24. The van der Waals surface area contributed by atoms with Gasteiger partial charge in [0.1, 0.15) is 0 Å². The molecule has 0 unspecified atom stereocenters. The van der Waals surface area contributed by atoms with Crippen LogP contribution in [0.4, 0.5) is 0 Å². The summed E-state index contributed by atoms with van der Waals surface area (Å²) in [6.07, 6.45) is 1.66. The van der Waals surface area contributed by atoms with Crippen LogP contribution in [0.2, 0.25) is 0 Å². The zero-order chi connectivity index (χ0) is 11.1. The highest BCUT2D eigenvalue weighted by Crippen LogP contribution is 2.12. The van der Waals surface area contributed by atoms with E-state index in [4.69, 9.17) is 4.74 Å². The molecule has 4 heteroatoms. The first kappa shape index (κ1) is 11.6. The topological polar surface area (TPSA) is 39.2 Å². The maximum absolute atomic E-state index is 10.6. The van der Waals surface area contributed by atoms with Gasteiger partial charge in [-0.3, -0.25) is 4.79 Å². The summed E-state index contributed by atoms with van der Waals surface area (Å²) in [7, 11) is 1.58. The lowest BCUT2D eigenvalue weighted by atomic mass is 10.3. The molecule has 0 aliphatic rings. The van der Waals surface area contributed by atoms with E-state index in [2.05, 4.69) is 16.8 Å². The average Bonchev–Trinajstić information content (AvgIpc) is 2.24. The lowest BCUT2D eigenvalue weighted by Gasteiger charge is -1.99. The van der Waals surface area contributed by atoms with Crippen LogP contribution < -0.4 is 4.74 Å². The molecule has 0 spiro atoms. The highest BCUT2D eigenvalue weighted by molar-refractivity contribution is 8.13. The van der Waals surface area contributed by atoms with Crippen molar-refractivity contribution in [2.24, 2.45) is 0 Å². The summed E-state index contributed by atoms with van der Waals surface area (Å²) in [5.74, 6) is 6.85. The average molecular weight is 221 g/mol. The van der Waals surface area contributed by atoms with Gasteiger partial charge in [0, 0.05) is 13.1 Å². The molecule has 0 saturated heterocycles. The standard InChI is InChI=1S/C11H11NO2S/c1-9(13)15-8-4-5-10-11(14-2)6-3-7-12-10/h3,6-7H,8H2,1-2H3. The maximum Gasteiger partial charge on any atom is 0.186 e. The second-order valence-corrected chi connectivity index (χ2v) is 3.79. The fraction of sp³-hybridized carbons (Fsp3) is 0.273. The molecule has 0 bridgehead atoms. The zero-order valence-corrected chi connectivity index (χ0v) is 9.43. The molecule has 0 fully saturated rings. The van der Waals surface area contributed by atoms with Crippen molar-refractivity contribution in [2.45, 2.75) is 6.92 Å². The van der Waals surface area contributed by atoms with Crippen molar-refractivity contribution in [1.82, 2.24) is 4.98 Å². The van der Waals surface area contributed by atoms with Crippen molar-refractivity contribution in [3.05, 3.63) is 24.0 Å². The summed E-state index contributed by atoms with van der Waals surface area (Å²) in [4.78, 5) is 14.7. The van der Waals surface area contributed by atoms with Crippen LogP contribution in [0.1, 0.15) is 12.6 Å². The van der Waals surface area contributed by atoms with Crippen molar-refractivity contribution in [3.8, 4) is 17.6 Å². The number of hydrogen-bond acceptors (Lipinski definition) is 4. The van der Waals surface area contributed by atoms with E-state index in [1.165, 1.54) is 18.7 Å².